The number of H-pyrrole nitrogens is 1. The Morgan fingerprint density at radius 1 is 1.16 bits per heavy atom. The van der Waals surface area contributed by atoms with Gasteiger partial charge in [0.1, 0.15) is 11.3 Å². The fourth-order valence-electron chi connectivity index (χ4n) is 3.11. The topological polar surface area (TPSA) is 66.0 Å². The van der Waals surface area contributed by atoms with Crippen LogP contribution >= 0.6 is 0 Å². The number of hydrogen-bond acceptors (Lipinski definition) is 4. The van der Waals surface area contributed by atoms with E-state index in [0.29, 0.717) is 0 Å². The molecule has 3 aromatic rings. The summed E-state index contributed by atoms with van der Waals surface area (Å²) in [6.45, 7) is 3.65. The lowest BCUT2D eigenvalue weighted by molar-refractivity contribution is 0.933. The second-order valence-corrected chi connectivity index (χ2v) is 6.40. The Bertz CT molecular complexity index is 986. The van der Waals surface area contributed by atoms with E-state index < -0.39 is 0 Å². The molecule has 0 atom stereocenters. The average Bonchev–Trinajstić information content (AvgIpc) is 3.04. The SMILES string of the molecule is Cc1cncc(CNc2ccc(Cc3c[nH]c4c3=CCCN=4)cn2)c1. The molecule has 0 bridgehead atoms. The van der Waals surface area contributed by atoms with Crippen molar-refractivity contribution in [3.8, 4) is 0 Å². The van der Waals surface area contributed by atoms with Crippen molar-refractivity contribution in [1.82, 2.24) is 15.0 Å². The Balaban J connectivity index is 1.43. The van der Waals surface area contributed by atoms with E-state index in [2.05, 4.69) is 49.7 Å². The molecule has 0 radical (unpaired) electrons. The molecule has 25 heavy (non-hydrogen) atoms. The third-order valence-electron chi connectivity index (χ3n) is 4.36. The van der Waals surface area contributed by atoms with Gasteiger partial charge in [-0.25, -0.2) is 4.98 Å². The van der Waals surface area contributed by atoms with E-state index in [1.807, 2.05) is 31.6 Å². The van der Waals surface area contributed by atoms with Gasteiger partial charge >= 0.3 is 0 Å². The predicted molar refractivity (Wildman–Crippen MR) is 98.9 cm³/mol. The monoisotopic (exact) mass is 331 g/mol. The number of pyridine rings is 2. The molecule has 0 saturated carbocycles. The van der Waals surface area contributed by atoms with Crippen LogP contribution in [-0.2, 0) is 13.0 Å². The molecule has 0 amide bonds. The van der Waals surface area contributed by atoms with Gasteiger partial charge in [-0.15, -0.1) is 0 Å². The van der Waals surface area contributed by atoms with Crippen LogP contribution in [0.1, 0.15) is 28.7 Å². The van der Waals surface area contributed by atoms with Gasteiger partial charge in [0.15, 0.2) is 0 Å². The minimum absolute atomic E-state index is 0.725. The first kappa shape index (κ1) is 15.6. The van der Waals surface area contributed by atoms with Gasteiger partial charge in [0.05, 0.1) is 0 Å². The smallest absolute Gasteiger partial charge is 0.132 e. The van der Waals surface area contributed by atoms with Gasteiger partial charge in [0.2, 0.25) is 0 Å². The number of nitrogens with zero attached hydrogens (tertiary/aromatic N) is 3. The molecular weight excluding hydrogens is 310 g/mol. The van der Waals surface area contributed by atoms with E-state index >= 15 is 0 Å². The summed E-state index contributed by atoms with van der Waals surface area (Å²) in [5.74, 6) is 0.878. The number of rotatable bonds is 5. The van der Waals surface area contributed by atoms with E-state index in [0.717, 1.165) is 42.8 Å². The number of anilines is 1. The Kier molecular flexibility index (Phi) is 4.29. The molecule has 3 aromatic heterocycles. The van der Waals surface area contributed by atoms with Gasteiger partial charge in [-0.05, 0) is 41.7 Å². The number of hydrogen-bond donors (Lipinski definition) is 2. The minimum atomic E-state index is 0.725. The van der Waals surface area contributed by atoms with E-state index in [9.17, 15) is 0 Å². The molecule has 1 aliphatic heterocycles. The summed E-state index contributed by atoms with van der Waals surface area (Å²) in [6.07, 6.45) is 11.9. The molecular formula is C20H21N5. The van der Waals surface area contributed by atoms with Crippen LogP contribution in [0.5, 0.6) is 0 Å². The molecule has 2 N–H and O–H groups in total. The average molecular weight is 331 g/mol. The fraction of sp³-hybridized carbons (Fsp3) is 0.250. The van der Waals surface area contributed by atoms with E-state index in [1.54, 1.807) is 0 Å². The van der Waals surface area contributed by atoms with Crippen LogP contribution in [-0.4, -0.2) is 21.5 Å². The summed E-state index contributed by atoms with van der Waals surface area (Å²) >= 11 is 0. The van der Waals surface area contributed by atoms with Crippen molar-refractivity contribution >= 4 is 11.9 Å². The summed E-state index contributed by atoms with van der Waals surface area (Å²) in [4.78, 5) is 16.5. The maximum absolute atomic E-state index is 4.53. The summed E-state index contributed by atoms with van der Waals surface area (Å²) in [7, 11) is 0. The molecule has 0 saturated heterocycles. The van der Waals surface area contributed by atoms with Crippen molar-refractivity contribution in [2.75, 3.05) is 11.9 Å². The van der Waals surface area contributed by atoms with Gasteiger partial charge < -0.3 is 10.3 Å². The Hall–Kier alpha value is -2.95. The van der Waals surface area contributed by atoms with Gasteiger partial charge in [0, 0.05) is 49.5 Å². The highest BCUT2D eigenvalue weighted by molar-refractivity contribution is 5.39. The molecule has 0 fully saturated rings. The van der Waals surface area contributed by atoms with Crippen molar-refractivity contribution in [3.05, 3.63) is 75.9 Å². The van der Waals surface area contributed by atoms with E-state index in [1.165, 1.54) is 21.9 Å². The van der Waals surface area contributed by atoms with Crippen LogP contribution in [0.4, 0.5) is 5.82 Å². The number of fused-ring (bicyclic) bond motifs is 1. The van der Waals surface area contributed by atoms with Crippen molar-refractivity contribution < 1.29 is 0 Å². The van der Waals surface area contributed by atoms with Crippen molar-refractivity contribution in [2.24, 2.45) is 4.99 Å². The lowest BCUT2D eigenvalue weighted by atomic mass is 10.1. The molecule has 0 unspecified atom stereocenters. The van der Waals surface area contributed by atoms with E-state index in [4.69, 9.17) is 0 Å². The second-order valence-electron chi connectivity index (χ2n) is 6.40. The van der Waals surface area contributed by atoms with Gasteiger partial charge in [-0.2, -0.15) is 0 Å². The van der Waals surface area contributed by atoms with Crippen LogP contribution in [0.3, 0.4) is 0 Å². The number of aromatic amines is 1. The number of aryl methyl sites for hydroxylation is 1. The van der Waals surface area contributed by atoms with Crippen molar-refractivity contribution in [1.29, 1.82) is 0 Å². The van der Waals surface area contributed by atoms with Crippen LogP contribution < -0.4 is 16.0 Å². The lowest BCUT2D eigenvalue weighted by Crippen LogP contribution is -2.28. The maximum atomic E-state index is 4.53. The zero-order valence-corrected chi connectivity index (χ0v) is 14.3. The highest BCUT2D eigenvalue weighted by atomic mass is 15.0. The van der Waals surface area contributed by atoms with Crippen LogP contribution in [0.15, 0.2) is 48.0 Å². The van der Waals surface area contributed by atoms with E-state index in [-0.39, 0.29) is 0 Å². The molecule has 5 heteroatoms. The Labute approximate surface area is 146 Å². The van der Waals surface area contributed by atoms with Gasteiger partial charge in [0.25, 0.3) is 0 Å². The summed E-state index contributed by atoms with van der Waals surface area (Å²) in [5.41, 5.74) is 5.82. The predicted octanol–water partition coefficient (Wildman–Crippen LogP) is 2.12. The first-order chi connectivity index (χ1) is 12.3. The molecule has 0 aromatic carbocycles. The maximum Gasteiger partial charge on any atom is 0.132 e. The minimum Gasteiger partial charge on any atom is -0.366 e. The molecule has 0 aliphatic carbocycles. The molecule has 1 aliphatic rings. The normalized spacial score (nSPS) is 12.8. The third kappa shape index (κ3) is 3.60. The third-order valence-corrected chi connectivity index (χ3v) is 4.36. The quantitative estimate of drug-likeness (QED) is 0.753. The van der Waals surface area contributed by atoms with Crippen molar-refractivity contribution in [2.45, 2.75) is 26.3 Å². The fourth-order valence-corrected chi connectivity index (χ4v) is 3.11. The zero-order chi connectivity index (χ0) is 17.1. The number of aromatic nitrogens is 3. The van der Waals surface area contributed by atoms with Gasteiger partial charge in [-0.1, -0.05) is 18.2 Å². The zero-order valence-electron chi connectivity index (χ0n) is 14.3. The highest BCUT2D eigenvalue weighted by Gasteiger charge is 2.05. The molecule has 5 nitrogen and oxygen atoms in total. The molecule has 126 valence electrons. The molecule has 4 heterocycles. The summed E-state index contributed by atoms with van der Waals surface area (Å²) in [5, 5.41) is 4.60. The first-order valence-corrected chi connectivity index (χ1v) is 8.58. The van der Waals surface area contributed by atoms with Crippen LogP contribution in [0.25, 0.3) is 6.08 Å². The molecule has 4 rings (SSSR count). The first-order valence-electron chi connectivity index (χ1n) is 8.58. The Morgan fingerprint density at radius 2 is 2.12 bits per heavy atom. The Morgan fingerprint density at radius 3 is 2.96 bits per heavy atom. The standard InChI is InChI=1S/C20H21N5/c1-14-7-16(10-21-9-14)12-24-19-5-4-15(11-23-19)8-17-13-25-20-18(17)3-2-6-22-20/h3-5,7,9-11,13H,2,6,8,12H2,1H3,(H,22,25)(H,23,24). The highest BCUT2D eigenvalue weighted by Crippen LogP contribution is 2.10. The lowest BCUT2D eigenvalue weighted by Gasteiger charge is -2.07. The summed E-state index contributed by atoms with van der Waals surface area (Å²) in [6, 6.07) is 6.29. The molecule has 0 spiro atoms. The van der Waals surface area contributed by atoms with Gasteiger partial charge in [-0.3, -0.25) is 9.98 Å². The largest absolute Gasteiger partial charge is 0.366 e. The van der Waals surface area contributed by atoms with Crippen LogP contribution in [0.2, 0.25) is 0 Å². The summed E-state index contributed by atoms with van der Waals surface area (Å²) < 4.78 is 0. The number of nitrogens with one attached hydrogen (secondary N) is 2. The van der Waals surface area contributed by atoms with Crippen molar-refractivity contribution in [3.63, 3.8) is 0 Å². The van der Waals surface area contributed by atoms with Crippen LogP contribution in [0, 0.1) is 6.92 Å². The second kappa shape index (κ2) is 6.89.